The molecule has 0 radical (unpaired) electrons. The first kappa shape index (κ1) is 15.1. The van der Waals surface area contributed by atoms with Crippen molar-refractivity contribution in [3.63, 3.8) is 0 Å². The molecule has 114 valence electrons. The number of hydrogen-bond donors (Lipinski definition) is 2. The zero-order valence-electron chi connectivity index (χ0n) is 12.2. The van der Waals surface area contributed by atoms with Gasteiger partial charge in [-0.3, -0.25) is 4.68 Å². The minimum atomic E-state index is 0.0651. The van der Waals surface area contributed by atoms with Gasteiger partial charge in [-0.25, -0.2) is 0 Å². The van der Waals surface area contributed by atoms with Crippen LogP contribution in [0.3, 0.4) is 0 Å². The molecule has 4 nitrogen and oxygen atoms in total. The maximum Gasteiger partial charge on any atom is 0.104 e. The standard InChI is InChI=1S/C16H17ClN4S/c1-21-14(7-8-19-21)12-9-15(22-16(12)17)20-13(10-18)11-5-3-2-4-6-11/h2-9,13,20H,10,18H2,1H3/t13-/m1/s1. The van der Waals surface area contributed by atoms with E-state index in [4.69, 9.17) is 17.3 Å². The lowest BCUT2D eigenvalue weighted by Crippen LogP contribution is -2.19. The lowest BCUT2D eigenvalue weighted by molar-refractivity contribution is 0.776. The summed E-state index contributed by atoms with van der Waals surface area (Å²) in [6, 6.07) is 14.2. The van der Waals surface area contributed by atoms with Crippen LogP contribution in [0.2, 0.25) is 4.34 Å². The maximum absolute atomic E-state index is 6.39. The molecule has 1 aromatic carbocycles. The second-order valence-electron chi connectivity index (χ2n) is 4.98. The number of aryl methyl sites for hydroxylation is 1. The van der Waals surface area contributed by atoms with Crippen LogP contribution in [-0.4, -0.2) is 16.3 Å². The predicted molar refractivity (Wildman–Crippen MR) is 93.4 cm³/mol. The van der Waals surface area contributed by atoms with Crippen molar-refractivity contribution in [2.45, 2.75) is 6.04 Å². The Morgan fingerprint density at radius 1 is 1.32 bits per heavy atom. The number of rotatable bonds is 5. The summed E-state index contributed by atoms with van der Waals surface area (Å²) in [5.74, 6) is 0. The van der Waals surface area contributed by atoms with Gasteiger partial charge in [0.2, 0.25) is 0 Å². The Morgan fingerprint density at radius 2 is 2.09 bits per heavy atom. The number of benzene rings is 1. The summed E-state index contributed by atoms with van der Waals surface area (Å²) in [5, 5.41) is 8.66. The molecule has 0 aliphatic rings. The normalized spacial score (nSPS) is 12.3. The Bertz CT molecular complexity index is 751. The molecule has 0 saturated heterocycles. The highest BCUT2D eigenvalue weighted by atomic mass is 35.5. The molecular formula is C16H17ClN4S. The monoisotopic (exact) mass is 332 g/mol. The van der Waals surface area contributed by atoms with Gasteiger partial charge in [-0.1, -0.05) is 41.9 Å². The van der Waals surface area contributed by atoms with Crippen LogP contribution in [0.15, 0.2) is 48.7 Å². The van der Waals surface area contributed by atoms with E-state index in [9.17, 15) is 0 Å². The van der Waals surface area contributed by atoms with E-state index in [0.29, 0.717) is 6.54 Å². The molecule has 0 unspecified atom stereocenters. The van der Waals surface area contributed by atoms with Crippen molar-refractivity contribution in [3.8, 4) is 11.3 Å². The first-order valence-electron chi connectivity index (χ1n) is 6.98. The largest absolute Gasteiger partial charge is 0.369 e. The lowest BCUT2D eigenvalue weighted by atomic mass is 10.1. The number of nitrogens with one attached hydrogen (secondary N) is 1. The van der Waals surface area contributed by atoms with Crippen molar-refractivity contribution in [1.82, 2.24) is 9.78 Å². The third kappa shape index (κ3) is 3.02. The molecule has 0 amide bonds. The smallest absolute Gasteiger partial charge is 0.104 e. The van der Waals surface area contributed by atoms with E-state index in [1.807, 2.05) is 36.0 Å². The highest BCUT2D eigenvalue weighted by Gasteiger charge is 2.15. The van der Waals surface area contributed by atoms with Crippen molar-refractivity contribution in [3.05, 3.63) is 58.6 Å². The van der Waals surface area contributed by atoms with E-state index >= 15 is 0 Å². The number of nitrogens with zero attached hydrogens (tertiary/aromatic N) is 2. The summed E-state index contributed by atoms with van der Waals surface area (Å²) in [5.41, 5.74) is 9.06. The Balaban J connectivity index is 1.86. The fourth-order valence-corrected chi connectivity index (χ4v) is 3.63. The van der Waals surface area contributed by atoms with Crippen LogP contribution in [-0.2, 0) is 7.05 Å². The average molecular weight is 333 g/mol. The van der Waals surface area contributed by atoms with Crippen LogP contribution < -0.4 is 11.1 Å². The highest BCUT2D eigenvalue weighted by molar-refractivity contribution is 7.20. The Kier molecular flexibility index (Phi) is 4.47. The van der Waals surface area contributed by atoms with E-state index in [-0.39, 0.29) is 6.04 Å². The summed E-state index contributed by atoms with van der Waals surface area (Å²) in [6.45, 7) is 0.514. The topological polar surface area (TPSA) is 55.9 Å². The number of thiophene rings is 1. The predicted octanol–water partition coefficient (Wildman–Crippen LogP) is 3.91. The molecule has 3 N–H and O–H groups in total. The van der Waals surface area contributed by atoms with Gasteiger partial charge < -0.3 is 11.1 Å². The summed E-state index contributed by atoms with van der Waals surface area (Å²) < 4.78 is 2.56. The van der Waals surface area contributed by atoms with E-state index < -0.39 is 0 Å². The lowest BCUT2D eigenvalue weighted by Gasteiger charge is -2.17. The van der Waals surface area contributed by atoms with Gasteiger partial charge >= 0.3 is 0 Å². The average Bonchev–Trinajstić information content (AvgIpc) is 3.11. The van der Waals surface area contributed by atoms with Crippen LogP contribution >= 0.6 is 22.9 Å². The fraction of sp³-hybridized carbons (Fsp3) is 0.188. The van der Waals surface area contributed by atoms with E-state index in [1.165, 1.54) is 11.3 Å². The van der Waals surface area contributed by atoms with E-state index in [0.717, 1.165) is 26.2 Å². The molecule has 0 aliphatic heterocycles. The molecule has 3 aromatic rings. The number of anilines is 1. The number of nitrogens with two attached hydrogens (primary N) is 1. The summed E-state index contributed by atoms with van der Waals surface area (Å²) >= 11 is 7.90. The van der Waals surface area contributed by atoms with Gasteiger partial charge in [0.05, 0.1) is 16.7 Å². The van der Waals surface area contributed by atoms with Gasteiger partial charge in [0.15, 0.2) is 0 Å². The molecule has 0 saturated carbocycles. The fourth-order valence-electron chi connectivity index (χ4n) is 2.39. The Morgan fingerprint density at radius 3 is 2.73 bits per heavy atom. The molecule has 3 rings (SSSR count). The zero-order chi connectivity index (χ0) is 15.5. The van der Waals surface area contributed by atoms with E-state index in [2.05, 4.69) is 28.6 Å². The molecule has 2 aromatic heterocycles. The van der Waals surface area contributed by atoms with Gasteiger partial charge in [-0.05, 0) is 17.7 Å². The van der Waals surface area contributed by atoms with Crippen molar-refractivity contribution >= 4 is 27.9 Å². The molecule has 0 fully saturated rings. The first-order chi connectivity index (χ1) is 10.7. The number of aromatic nitrogens is 2. The minimum absolute atomic E-state index is 0.0651. The summed E-state index contributed by atoms with van der Waals surface area (Å²) in [6.07, 6.45) is 1.77. The van der Waals surface area contributed by atoms with Gasteiger partial charge in [-0.15, -0.1) is 11.3 Å². The molecule has 22 heavy (non-hydrogen) atoms. The molecule has 2 heterocycles. The zero-order valence-corrected chi connectivity index (χ0v) is 13.7. The first-order valence-corrected chi connectivity index (χ1v) is 8.17. The van der Waals surface area contributed by atoms with Crippen molar-refractivity contribution in [1.29, 1.82) is 0 Å². The van der Waals surface area contributed by atoms with Crippen LogP contribution in [0.1, 0.15) is 11.6 Å². The molecule has 0 bridgehead atoms. The molecule has 6 heteroatoms. The molecular weight excluding hydrogens is 316 g/mol. The van der Waals surface area contributed by atoms with Crippen molar-refractivity contribution in [2.75, 3.05) is 11.9 Å². The molecule has 1 atom stereocenters. The second kappa shape index (κ2) is 6.52. The Labute approximate surface area is 138 Å². The van der Waals surface area contributed by atoms with Gasteiger partial charge in [0.25, 0.3) is 0 Å². The number of halogens is 1. The van der Waals surface area contributed by atoms with Crippen LogP contribution in [0.5, 0.6) is 0 Å². The minimum Gasteiger partial charge on any atom is -0.369 e. The summed E-state index contributed by atoms with van der Waals surface area (Å²) in [7, 11) is 1.91. The van der Waals surface area contributed by atoms with Crippen LogP contribution in [0, 0.1) is 0 Å². The molecule has 0 spiro atoms. The highest BCUT2D eigenvalue weighted by Crippen LogP contribution is 2.39. The van der Waals surface area contributed by atoms with Gasteiger partial charge in [0.1, 0.15) is 4.34 Å². The quantitative estimate of drug-likeness (QED) is 0.744. The van der Waals surface area contributed by atoms with Crippen LogP contribution in [0.4, 0.5) is 5.00 Å². The van der Waals surface area contributed by atoms with Gasteiger partial charge in [0, 0.05) is 25.4 Å². The second-order valence-corrected chi connectivity index (χ2v) is 6.64. The molecule has 0 aliphatic carbocycles. The third-order valence-corrected chi connectivity index (χ3v) is 4.83. The van der Waals surface area contributed by atoms with Crippen molar-refractivity contribution in [2.24, 2.45) is 12.8 Å². The summed E-state index contributed by atoms with van der Waals surface area (Å²) in [4.78, 5) is 0. The van der Waals surface area contributed by atoms with Crippen molar-refractivity contribution < 1.29 is 0 Å². The maximum atomic E-state index is 6.39. The number of hydrogen-bond acceptors (Lipinski definition) is 4. The Hall–Kier alpha value is -1.82. The third-order valence-electron chi connectivity index (χ3n) is 3.54. The van der Waals surface area contributed by atoms with Gasteiger partial charge in [-0.2, -0.15) is 5.10 Å². The van der Waals surface area contributed by atoms with E-state index in [1.54, 1.807) is 6.20 Å². The SMILES string of the molecule is Cn1nccc1-c1cc(N[C@H](CN)c2ccccc2)sc1Cl. The van der Waals surface area contributed by atoms with Crippen LogP contribution in [0.25, 0.3) is 11.3 Å².